The smallest absolute Gasteiger partial charge is 0.351 e. The maximum Gasteiger partial charge on any atom is 0.351 e. The van der Waals surface area contributed by atoms with Gasteiger partial charge >= 0.3 is 16.3 Å². The number of anilines is 1. The molecule has 1 saturated heterocycles. The quantitative estimate of drug-likeness (QED) is 0.0310. The number of thiazole rings is 1. The van der Waals surface area contributed by atoms with Crippen molar-refractivity contribution in [3.63, 3.8) is 0 Å². The number of carboxylic acid groups (broad SMARTS) is 1. The number of carbonyl (C=O) groups excluding carboxylic acids is 1. The molecular weight excluding hydrogens is 664 g/mol. The first-order valence-electron chi connectivity index (χ1n) is 13.6. The number of rotatable bonds is 16. The van der Waals surface area contributed by atoms with Gasteiger partial charge in [-0.05, 0) is 24.3 Å². The van der Waals surface area contributed by atoms with Crippen LogP contribution in [0.4, 0.5) is 5.13 Å². The van der Waals surface area contributed by atoms with E-state index in [0.29, 0.717) is 28.7 Å². The number of nitrogens with one attached hydrogen (secondary N) is 3. The molecule has 3 heterocycles. The maximum atomic E-state index is 13.4. The number of benzene rings is 1. The Morgan fingerprint density at radius 3 is 2.53 bits per heavy atom. The third kappa shape index (κ3) is 8.73. The first-order valence-corrected chi connectivity index (χ1v) is 15.9. The second-order valence-electron chi connectivity index (χ2n) is 9.75. The van der Waals surface area contributed by atoms with Crippen LogP contribution < -0.4 is 32.6 Å². The van der Waals surface area contributed by atoms with Crippen molar-refractivity contribution < 1.29 is 42.3 Å². The van der Waals surface area contributed by atoms with Crippen LogP contribution in [0.3, 0.4) is 0 Å². The number of hydrogen-bond donors (Lipinski definition) is 9. The van der Waals surface area contributed by atoms with E-state index in [-0.39, 0.29) is 35.5 Å². The normalized spacial score (nSPS) is 19.0. The maximum absolute atomic E-state index is 13.4. The van der Waals surface area contributed by atoms with Gasteiger partial charge in [-0.1, -0.05) is 5.16 Å². The van der Waals surface area contributed by atoms with Gasteiger partial charge in [0.05, 0.1) is 30.5 Å². The van der Waals surface area contributed by atoms with E-state index in [1.807, 2.05) is 0 Å². The average Bonchev–Trinajstić information content (AvgIpc) is 3.68. The third-order valence-electron chi connectivity index (χ3n) is 6.55. The van der Waals surface area contributed by atoms with Gasteiger partial charge in [-0.2, -0.15) is 23.4 Å². The molecule has 4 rings (SSSR count). The zero-order chi connectivity index (χ0) is 34.3. The molecule has 1 unspecified atom stereocenters. The van der Waals surface area contributed by atoms with E-state index in [1.54, 1.807) is 12.1 Å². The van der Waals surface area contributed by atoms with Crippen LogP contribution in [0.25, 0.3) is 0 Å². The minimum absolute atomic E-state index is 0.0351. The molecule has 1 aliphatic rings. The van der Waals surface area contributed by atoms with E-state index >= 15 is 0 Å². The van der Waals surface area contributed by atoms with Crippen LogP contribution in [0.5, 0.6) is 5.75 Å². The molecule has 1 aliphatic heterocycles. The summed E-state index contributed by atoms with van der Waals surface area (Å²) in [5, 5.41) is 46.6. The van der Waals surface area contributed by atoms with Crippen molar-refractivity contribution in [1.29, 1.82) is 5.41 Å². The van der Waals surface area contributed by atoms with Crippen molar-refractivity contribution in [2.45, 2.75) is 37.5 Å². The van der Waals surface area contributed by atoms with Crippen LogP contribution in [0.2, 0.25) is 0 Å². The lowest BCUT2D eigenvalue weighted by molar-refractivity contribution is -0.152. The van der Waals surface area contributed by atoms with Gasteiger partial charge in [0.15, 0.2) is 10.8 Å². The monoisotopic (exact) mass is 696 g/mol. The summed E-state index contributed by atoms with van der Waals surface area (Å²) >= 11 is 0.939. The Labute approximate surface area is 270 Å². The molecule has 12 N–H and O–H groups in total. The summed E-state index contributed by atoms with van der Waals surface area (Å²) in [6.45, 7) is -0.0631. The zero-order valence-corrected chi connectivity index (χ0v) is 26.0. The molecule has 1 amide bonds. The number of hydrogen-bond acceptors (Lipinski definition) is 16. The van der Waals surface area contributed by atoms with Gasteiger partial charge in [0.25, 0.3) is 12.0 Å². The molecule has 254 valence electrons. The molecule has 2 aromatic heterocycles. The summed E-state index contributed by atoms with van der Waals surface area (Å²) in [5.41, 5.74) is 16.9. The Hall–Kier alpha value is -4.78. The van der Waals surface area contributed by atoms with Gasteiger partial charge in [0, 0.05) is 30.6 Å². The molecule has 0 bridgehead atoms. The largest absolute Gasteiger partial charge is 0.489 e. The lowest BCUT2D eigenvalue weighted by Crippen LogP contribution is -2.75. The standard InChI is InChI=1S/C24H32N12O9S2/c25-5-6-29-20(27)12-1-3-14(4-2-12)44-10-17(23(39)40)45-34-18(15-11-46-24(28)31-15)21(37)32-19-16(36(22(19)38)47(41,42)43)9-35-30-8-13(7-26)33-35/h1-4,8,11,16-17,19,22,38H,5-7,9-10,25-26H2,(H2,27,29)(H2,28,31)(H,32,37)(H,39,40)(H,41,42,43)/b34-18-/t16-,17+,19+,22?/m1/s1. The molecule has 21 nitrogen and oxygen atoms in total. The number of aliphatic hydroxyl groups is 1. The highest BCUT2D eigenvalue weighted by Gasteiger charge is 2.55. The minimum atomic E-state index is -4.93. The predicted molar refractivity (Wildman–Crippen MR) is 164 cm³/mol. The molecule has 4 atom stereocenters. The molecule has 0 aliphatic carbocycles. The number of aliphatic carboxylic acids is 1. The zero-order valence-electron chi connectivity index (χ0n) is 24.3. The minimum Gasteiger partial charge on any atom is -0.489 e. The summed E-state index contributed by atoms with van der Waals surface area (Å²) in [7, 11) is -4.93. The van der Waals surface area contributed by atoms with Crippen LogP contribution in [0.1, 0.15) is 17.0 Å². The molecule has 23 heteroatoms. The Morgan fingerprint density at radius 1 is 1.23 bits per heavy atom. The van der Waals surface area contributed by atoms with Crippen LogP contribution >= 0.6 is 11.3 Å². The summed E-state index contributed by atoms with van der Waals surface area (Å²) in [6, 6.07) is 3.59. The Bertz CT molecular complexity index is 1710. The lowest BCUT2D eigenvalue weighted by atomic mass is 9.97. The van der Waals surface area contributed by atoms with Crippen molar-refractivity contribution in [2.75, 3.05) is 25.4 Å². The van der Waals surface area contributed by atoms with Crippen LogP contribution in [-0.4, -0.2) is 115 Å². The number of aromatic nitrogens is 4. The number of nitrogens with two attached hydrogens (primary N) is 3. The van der Waals surface area contributed by atoms with Gasteiger partial charge in [-0.15, -0.1) is 15.6 Å². The van der Waals surface area contributed by atoms with Crippen LogP contribution in [-0.2, 0) is 37.8 Å². The fourth-order valence-electron chi connectivity index (χ4n) is 4.24. The topological polar surface area (TPSA) is 333 Å². The van der Waals surface area contributed by atoms with E-state index < -0.39 is 58.9 Å². The van der Waals surface area contributed by atoms with Crippen molar-refractivity contribution in [3.8, 4) is 5.75 Å². The van der Waals surface area contributed by atoms with Crippen molar-refractivity contribution in [2.24, 2.45) is 16.6 Å². The molecule has 47 heavy (non-hydrogen) atoms. The number of carboxylic acids is 1. The lowest BCUT2D eigenvalue weighted by Gasteiger charge is -2.49. The van der Waals surface area contributed by atoms with E-state index in [9.17, 15) is 32.8 Å². The SMILES string of the molecule is N=C(NCCN)c1ccc(OC[C@H](O/N=C(\C(=O)N[C@@H]2C(O)N(S(=O)(=O)O)[C@@H]2Cn2ncc(CN)n2)c2csc(N)n2)C(=O)O)cc1. The van der Waals surface area contributed by atoms with E-state index in [2.05, 4.69) is 31.0 Å². The van der Waals surface area contributed by atoms with Crippen molar-refractivity contribution >= 4 is 50.2 Å². The number of carbonyl (C=O) groups is 2. The van der Waals surface area contributed by atoms with E-state index in [1.165, 1.54) is 23.7 Å². The molecule has 3 aromatic rings. The number of oxime groups is 1. The van der Waals surface area contributed by atoms with Crippen LogP contribution in [0.15, 0.2) is 41.0 Å². The molecule has 1 fully saturated rings. The highest BCUT2D eigenvalue weighted by molar-refractivity contribution is 7.83. The fourth-order valence-corrected chi connectivity index (χ4v) is 5.73. The van der Waals surface area contributed by atoms with Crippen LogP contribution in [0, 0.1) is 5.41 Å². The third-order valence-corrected chi connectivity index (χ3v) is 8.24. The number of ether oxygens (including phenoxy) is 1. The second kappa shape index (κ2) is 15.2. The summed E-state index contributed by atoms with van der Waals surface area (Å²) in [6.07, 6.45) is -2.29. The highest BCUT2D eigenvalue weighted by Crippen LogP contribution is 2.29. The molecule has 0 radical (unpaired) electrons. The van der Waals surface area contributed by atoms with Gasteiger partial charge < -0.3 is 47.6 Å². The van der Waals surface area contributed by atoms with E-state index in [0.717, 1.165) is 16.1 Å². The number of aliphatic hydroxyl groups excluding tert-OH is 1. The first kappa shape index (κ1) is 35.1. The van der Waals surface area contributed by atoms with E-state index in [4.69, 9.17) is 32.2 Å². The molecule has 0 saturated carbocycles. The first-order chi connectivity index (χ1) is 22.3. The summed E-state index contributed by atoms with van der Waals surface area (Å²) < 4.78 is 39.4. The number of amides is 1. The summed E-state index contributed by atoms with van der Waals surface area (Å²) in [4.78, 5) is 35.6. The van der Waals surface area contributed by atoms with Gasteiger partial charge in [0.1, 0.15) is 30.1 Å². The van der Waals surface area contributed by atoms with Crippen molar-refractivity contribution in [1.82, 2.24) is 34.9 Å². The second-order valence-corrected chi connectivity index (χ2v) is 12.0. The molecule has 0 spiro atoms. The van der Waals surface area contributed by atoms with Gasteiger partial charge in [0.2, 0.25) is 0 Å². The number of nitrogens with zero attached hydrogens (tertiary/aromatic N) is 6. The average molecular weight is 697 g/mol. The Morgan fingerprint density at radius 2 is 1.96 bits per heavy atom. The highest BCUT2D eigenvalue weighted by atomic mass is 32.2. The number of nitrogen functional groups attached to an aromatic ring is 1. The predicted octanol–water partition coefficient (Wildman–Crippen LogP) is -3.11. The van der Waals surface area contributed by atoms with Gasteiger partial charge in [-0.3, -0.25) is 14.8 Å². The fraction of sp³-hybridized carbons (Fsp3) is 0.375. The Balaban J connectivity index is 1.49. The molecule has 1 aromatic carbocycles. The molecular formula is C24H32N12O9S2. The van der Waals surface area contributed by atoms with Gasteiger partial charge in [-0.25, -0.2) is 9.78 Å². The Kier molecular flexibility index (Phi) is 11.3. The number of amidine groups is 1. The summed E-state index contributed by atoms with van der Waals surface area (Å²) in [5.74, 6) is -2.15. The van der Waals surface area contributed by atoms with Crippen molar-refractivity contribution in [3.05, 3.63) is 52.8 Å².